The Labute approximate surface area is 224 Å². The van der Waals surface area contributed by atoms with Crippen LogP contribution in [0.2, 0.25) is 0 Å². The predicted octanol–water partition coefficient (Wildman–Crippen LogP) is 6.09. The lowest BCUT2D eigenvalue weighted by atomic mass is 9.79. The second-order valence-electron chi connectivity index (χ2n) is 9.05. The Morgan fingerprint density at radius 3 is 2.43 bits per heavy atom. The summed E-state index contributed by atoms with van der Waals surface area (Å²) in [5, 5.41) is 3.30. The maximum absolute atomic E-state index is 13.7. The highest BCUT2D eigenvalue weighted by Gasteiger charge is 2.43. The molecule has 0 saturated heterocycles. The number of dihydropyridines is 1. The topological polar surface area (TPSA) is 73.9 Å². The number of hydrogen-bond acceptors (Lipinski definition) is 6. The first-order valence-electron chi connectivity index (χ1n) is 11.8. The van der Waals surface area contributed by atoms with Gasteiger partial charge in [-0.15, -0.1) is 0 Å². The lowest BCUT2D eigenvalue weighted by Crippen LogP contribution is -2.29. The monoisotopic (exact) mass is 559 g/mol. The van der Waals surface area contributed by atoms with E-state index in [9.17, 15) is 9.59 Å². The molecule has 7 heteroatoms. The van der Waals surface area contributed by atoms with Gasteiger partial charge < -0.3 is 19.5 Å². The zero-order valence-electron chi connectivity index (χ0n) is 21.0. The number of carbonyl (C=O) groups is 2. The molecule has 6 nitrogen and oxygen atoms in total. The molecule has 0 bridgehead atoms. The van der Waals surface area contributed by atoms with Crippen LogP contribution in [-0.2, 0) is 16.1 Å². The molecule has 0 unspecified atom stereocenters. The largest absolute Gasteiger partial charge is 0.493 e. The minimum absolute atomic E-state index is 0.123. The van der Waals surface area contributed by atoms with Gasteiger partial charge in [0.2, 0.25) is 0 Å². The fraction of sp³-hybridized carbons (Fsp3) is 0.200. The van der Waals surface area contributed by atoms with E-state index in [0.29, 0.717) is 56.2 Å². The number of aryl methyl sites for hydroxylation is 1. The van der Waals surface area contributed by atoms with Crippen molar-refractivity contribution in [1.29, 1.82) is 0 Å². The van der Waals surface area contributed by atoms with Crippen molar-refractivity contribution in [3.05, 3.63) is 110 Å². The van der Waals surface area contributed by atoms with Gasteiger partial charge in [-0.05, 0) is 37.1 Å². The van der Waals surface area contributed by atoms with Gasteiger partial charge in [0, 0.05) is 26.9 Å². The van der Waals surface area contributed by atoms with E-state index in [1.165, 1.54) is 7.11 Å². The van der Waals surface area contributed by atoms with Crippen molar-refractivity contribution in [2.24, 2.45) is 0 Å². The van der Waals surface area contributed by atoms with Crippen molar-refractivity contribution in [3.63, 3.8) is 0 Å². The number of hydrogen-bond donors (Lipinski definition) is 1. The Hall–Kier alpha value is -3.84. The first kappa shape index (κ1) is 24.8. The molecule has 188 valence electrons. The van der Waals surface area contributed by atoms with Gasteiger partial charge in [0.15, 0.2) is 17.3 Å². The summed E-state index contributed by atoms with van der Waals surface area (Å²) in [6, 6.07) is 19.2. The van der Waals surface area contributed by atoms with Gasteiger partial charge >= 0.3 is 5.97 Å². The summed E-state index contributed by atoms with van der Waals surface area (Å²) in [6.45, 7) is 4.22. The molecule has 1 atom stereocenters. The maximum Gasteiger partial charge on any atom is 0.336 e. The molecule has 2 aliphatic rings. The molecule has 0 radical (unpaired) electrons. The van der Waals surface area contributed by atoms with Crippen molar-refractivity contribution in [2.75, 3.05) is 14.2 Å². The molecule has 1 aliphatic carbocycles. The summed E-state index contributed by atoms with van der Waals surface area (Å²) in [5.41, 5.74) is 6.53. The third-order valence-electron chi connectivity index (χ3n) is 6.72. The SMILES string of the molecule is COC(=O)C1=C(C)NC2=C(C(=O)c3ccccc32)[C@H]1c1cc(OC)c(OCc2cccc(C)c2)cc1Br. The van der Waals surface area contributed by atoms with Crippen LogP contribution >= 0.6 is 15.9 Å². The number of nitrogens with one attached hydrogen (secondary N) is 1. The van der Waals surface area contributed by atoms with Crippen LogP contribution in [0, 0.1) is 6.92 Å². The average molecular weight is 560 g/mol. The van der Waals surface area contributed by atoms with Crippen LogP contribution in [0.15, 0.2) is 82.0 Å². The number of methoxy groups -OCH3 is 2. The molecule has 0 amide bonds. The molecule has 0 spiro atoms. The van der Waals surface area contributed by atoms with Crippen LogP contribution in [0.1, 0.15) is 45.5 Å². The third-order valence-corrected chi connectivity index (χ3v) is 7.41. The summed E-state index contributed by atoms with van der Waals surface area (Å²) in [7, 11) is 2.91. The van der Waals surface area contributed by atoms with Crippen LogP contribution in [-0.4, -0.2) is 26.0 Å². The summed E-state index contributed by atoms with van der Waals surface area (Å²) >= 11 is 3.69. The molecule has 0 aromatic heterocycles. The van der Waals surface area contributed by atoms with E-state index < -0.39 is 11.9 Å². The van der Waals surface area contributed by atoms with Gasteiger partial charge in [-0.1, -0.05) is 70.0 Å². The zero-order valence-corrected chi connectivity index (χ0v) is 22.6. The van der Waals surface area contributed by atoms with Gasteiger partial charge in [-0.2, -0.15) is 0 Å². The first-order chi connectivity index (χ1) is 17.8. The minimum Gasteiger partial charge on any atom is -0.493 e. The van der Waals surface area contributed by atoms with Crippen LogP contribution in [0.3, 0.4) is 0 Å². The third kappa shape index (κ3) is 4.33. The second-order valence-corrected chi connectivity index (χ2v) is 9.91. The number of Topliss-reactive ketones (excluding diaryl/α,β-unsaturated/α-hetero) is 1. The molecule has 1 aliphatic heterocycles. The summed E-state index contributed by atoms with van der Waals surface area (Å²) in [4.78, 5) is 26.7. The van der Waals surface area contributed by atoms with Crippen LogP contribution < -0.4 is 14.8 Å². The molecule has 5 rings (SSSR count). The van der Waals surface area contributed by atoms with Crippen molar-refractivity contribution in [1.82, 2.24) is 5.32 Å². The Balaban J connectivity index is 1.61. The number of esters is 1. The summed E-state index contributed by atoms with van der Waals surface area (Å²) in [6.07, 6.45) is 0. The molecular formula is C30H26BrNO5. The van der Waals surface area contributed by atoms with E-state index in [0.717, 1.165) is 16.7 Å². The first-order valence-corrected chi connectivity index (χ1v) is 12.6. The zero-order chi connectivity index (χ0) is 26.3. The molecular weight excluding hydrogens is 534 g/mol. The Morgan fingerprint density at radius 2 is 1.73 bits per heavy atom. The van der Waals surface area contributed by atoms with E-state index in [4.69, 9.17) is 14.2 Å². The van der Waals surface area contributed by atoms with E-state index in [1.807, 2.05) is 62.4 Å². The van der Waals surface area contributed by atoms with Gasteiger partial charge in [-0.25, -0.2) is 4.79 Å². The highest BCUT2D eigenvalue weighted by Crippen LogP contribution is 2.50. The highest BCUT2D eigenvalue weighted by atomic mass is 79.9. The van der Waals surface area contributed by atoms with Crippen molar-refractivity contribution in [3.8, 4) is 11.5 Å². The molecule has 3 aromatic carbocycles. The normalized spacial score (nSPS) is 16.2. The Kier molecular flexibility index (Phi) is 6.65. The molecule has 37 heavy (non-hydrogen) atoms. The van der Waals surface area contributed by atoms with Crippen LogP contribution in [0.25, 0.3) is 5.70 Å². The number of ketones is 1. The molecule has 1 N–H and O–H groups in total. The summed E-state index contributed by atoms with van der Waals surface area (Å²) in [5.74, 6) is -0.253. The fourth-order valence-electron chi connectivity index (χ4n) is 5.03. The highest BCUT2D eigenvalue weighted by molar-refractivity contribution is 9.10. The molecule has 0 fully saturated rings. The lowest BCUT2D eigenvalue weighted by molar-refractivity contribution is -0.136. The number of ether oxygens (including phenoxy) is 3. The van der Waals surface area contributed by atoms with Gasteiger partial charge in [0.25, 0.3) is 0 Å². The minimum atomic E-state index is -0.669. The fourth-order valence-corrected chi connectivity index (χ4v) is 5.58. The van der Waals surface area contributed by atoms with E-state index in [2.05, 4.69) is 27.3 Å². The van der Waals surface area contributed by atoms with Crippen molar-refractivity contribution >= 4 is 33.4 Å². The number of allylic oxidation sites excluding steroid dienone is 2. The van der Waals surface area contributed by atoms with E-state index in [-0.39, 0.29) is 5.78 Å². The standard InChI is InChI=1S/C30H26BrNO5/c1-16-8-7-9-18(12-16)15-37-24-14-22(31)21(13-23(24)35-3)26-25(30(34)36-4)17(2)32-28-19-10-5-6-11-20(19)29(33)27(26)28/h5-14,26,32H,15H2,1-4H3/t26-/m0/s1. The number of benzene rings is 3. The van der Waals surface area contributed by atoms with Crippen molar-refractivity contribution < 1.29 is 23.8 Å². The number of halogens is 1. The van der Waals surface area contributed by atoms with E-state index in [1.54, 1.807) is 13.2 Å². The number of rotatable bonds is 6. The van der Waals surface area contributed by atoms with Crippen LogP contribution in [0.4, 0.5) is 0 Å². The van der Waals surface area contributed by atoms with Gasteiger partial charge in [-0.3, -0.25) is 4.79 Å². The average Bonchev–Trinajstić information content (AvgIpc) is 3.18. The van der Waals surface area contributed by atoms with Crippen molar-refractivity contribution in [2.45, 2.75) is 26.4 Å². The molecule has 0 saturated carbocycles. The van der Waals surface area contributed by atoms with Crippen LogP contribution in [0.5, 0.6) is 11.5 Å². The lowest BCUT2D eigenvalue weighted by Gasteiger charge is -2.30. The second kappa shape index (κ2) is 9.90. The maximum atomic E-state index is 13.7. The van der Waals surface area contributed by atoms with Gasteiger partial charge in [0.1, 0.15) is 6.61 Å². The number of fused-ring (bicyclic) bond motifs is 2. The molecule has 1 heterocycles. The number of carbonyl (C=O) groups excluding carboxylic acids is 2. The Bertz CT molecular complexity index is 1500. The predicted molar refractivity (Wildman–Crippen MR) is 144 cm³/mol. The van der Waals surface area contributed by atoms with E-state index >= 15 is 0 Å². The summed E-state index contributed by atoms with van der Waals surface area (Å²) < 4.78 is 17.6. The Morgan fingerprint density at radius 1 is 0.973 bits per heavy atom. The smallest absolute Gasteiger partial charge is 0.336 e. The quantitative estimate of drug-likeness (QED) is 0.368. The molecule has 3 aromatic rings. The van der Waals surface area contributed by atoms with Gasteiger partial charge in [0.05, 0.1) is 31.4 Å².